The minimum Gasteiger partial charge on any atom is -0.317 e. The van der Waals surface area contributed by atoms with E-state index in [4.69, 9.17) is 0 Å². The number of hydrogen-bond acceptors (Lipinski definition) is 3. The lowest BCUT2D eigenvalue weighted by atomic mass is 9.84. The standard InChI is InChI=1S/C15H26N2S/c1-3-17(12-14-8-6-10-18-14)11-13-7-4-5-9-15(13)16-2/h6,8,10,13,15-16H,3-5,7,9,11-12H2,1-2H3. The van der Waals surface area contributed by atoms with E-state index in [-0.39, 0.29) is 0 Å². The first-order valence-corrected chi connectivity index (χ1v) is 8.13. The lowest BCUT2D eigenvalue weighted by Crippen LogP contribution is -2.42. The molecule has 1 heterocycles. The van der Waals surface area contributed by atoms with Crippen LogP contribution >= 0.6 is 11.3 Å². The van der Waals surface area contributed by atoms with Crippen molar-refractivity contribution in [1.82, 2.24) is 10.2 Å². The Kier molecular flexibility index (Phi) is 5.67. The highest BCUT2D eigenvalue weighted by molar-refractivity contribution is 7.09. The molecule has 0 amide bonds. The Labute approximate surface area is 115 Å². The first-order valence-electron chi connectivity index (χ1n) is 7.25. The molecule has 0 saturated heterocycles. The third-order valence-electron chi connectivity index (χ3n) is 4.18. The highest BCUT2D eigenvalue weighted by Gasteiger charge is 2.25. The van der Waals surface area contributed by atoms with Gasteiger partial charge in [0.2, 0.25) is 0 Å². The molecule has 1 N–H and O–H groups in total. The van der Waals surface area contributed by atoms with E-state index in [1.165, 1.54) is 37.1 Å². The van der Waals surface area contributed by atoms with Crippen molar-refractivity contribution >= 4 is 11.3 Å². The minimum atomic E-state index is 0.733. The Hall–Kier alpha value is -0.380. The van der Waals surface area contributed by atoms with E-state index < -0.39 is 0 Å². The van der Waals surface area contributed by atoms with Gasteiger partial charge in [0.25, 0.3) is 0 Å². The fraction of sp³-hybridized carbons (Fsp3) is 0.733. The van der Waals surface area contributed by atoms with Crippen LogP contribution in [0.2, 0.25) is 0 Å². The summed E-state index contributed by atoms with van der Waals surface area (Å²) >= 11 is 1.88. The van der Waals surface area contributed by atoms with Gasteiger partial charge in [0, 0.05) is 24.0 Å². The van der Waals surface area contributed by atoms with Gasteiger partial charge in [-0.1, -0.05) is 25.8 Å². The van der Waals surface area contributed by atoms with Crippen LogP contribution in [0.15, 0.2) is 17.5 Å². The van der Waals surface area contributed by atoms with Crippen molar-refractivity contribution in [3.05, 3.63) is 22.4 Å². The van der Waals surface area contributed by atoms with Crippen LogP contribution in [-0.4, -0.2) is 31.1 Å². The number of rotatable bonds is 6. The molecule has 1 fully saturated rings. The normalized spacial score (nSPS) is 24.6. The maximum Gasteiger partial charge on any atom is 0.0327 e. The molecule has 0 spiro atoms. The first-order chi connectivity index (χ1) is 8.83. The Morgan fingerprint density at radius 1 is 1.39 bits per heavy atom. The molecule has 0 radical (unpaired) electrons. The van der Waals surface area contributed by atoms with Gasteiger partial charge in [0.05, 0.1) is 0 Å². The van der Waals surface area contributed by atoms with Gasteiger partial charge in [-0.05, 0) is 43.8 Å². The predicted octanol–water partition coefficient (Wildman–Crippen LogP) is 3.35. The van der Waals surface area contributed by atoms with Gasteiger partial charge >= 0.3 is 0 Å². The third-order valence-corrected chi connectivity index (χ3v) is 5.04. The van der Waals surface area contributed by atoms with Crippen LogP contribution in [0.25, 0.3) is 0 Å². The molecule has 18 heavy (non-hydrogen) atoms. The second-order valence-corrected chi connectivity index (χ2v) is 6.38. The van der Waals surface area contributed by atoms with Gasteiger partial charge in [-0.25, -0.2) is 0 Å². The van der Waals surface area contributed by atoms with Gasteiger partial charge in [-0.3, -0.25) is 4.90 Å². The summed E-state index contributed by atoms with van der Waals surface area (Å²) in [4.78, 5) is 4.10. The van der Waals surface area contributed by atoms with Gasteiger partial charge in [0.15, 0.2) is 0 Å². The zero-order valence-electron chi connectivity index (χ0n) is 11.7. The molecule has 2 unspecified atom stereocenters. The average Bonchev–Trinajstić information content (AvgIpc) is 2.91. The molecule has 1 aromatic heterocycles. The van der Waals surface area contributed by atoms with E-state index in [1.54, 1.807) is 0 Å². The lowest BCUT2D eigenvalue weighted by Gasteiger charge is -2.35. The number of thiophene rings is 1. The van der Waals surface area contributed by atoms with Crippen LogP contribution in [0.5, 0.6) is 0 Å². The second kappa shape index (κ2) is 7.27. The summed E-state index contributed by atoms with van der Waals surface area (Å²) in [6.07, 6.45) is 5.57. The molecule has 0 bridgehead atoms. The van der Waals surface area contributed by atoms with Gasteiger partial charge in [-0.2, -0.15) is 0 Å². The summed E-state index contributed by atoms with van der Waals surface area (Å²) in [5.41, 5.74) is 0. The quantitative estimate of drug-likeness (QED) is 0.849. The number of nitrogens with one attached hydrogen (secondary N) is 1. The molecule has 1 saturated carbocycles. The van der Waals surface area contributed by atoms with Gasteiger partial charge in [-0.15, -0.1) is 11.3 Å². The van der Waals surface area contributed by atoms with Crippen molar-refractivity contribution in [3.63, 3.8) is 0 Å². The fourth-order valence-electron chi connectivity index (χ4n) is 3.07. The van der Waals surface area contributed by atoms with Crippen LogP contribution in [0.4, 0.5) is 0 Å². The number of nitrogens with zero attached hydrogens (tertiary/aromatic N) is 1. The molecule has 2 rings (SSSR count). The average molecular weight is 266 g/mol. The van der Waals surface area contributed by atoms with Crippen LogP contribution in [0.3, 0.4) is 0 Å². The lowest BCUT2D eigenvalue weighted by molar-refractivity contribution is 0.172. The summed E-state index contributed by atoms with van der Waals surface area (Å²) in [7, 11) is 2.12. The largest absolute Gasteiger partial charge is 0.317 e. The van der Waals surface area contributed by atoms with Crippen molar-refractivity contribution in [2.45, 2.75) is 45.2 Å². The Morgan fingerprint density at radius 2 is 2.22 bits per heavy atom. The van der Waals surface area contributed by atoms with E-state index in [0.29, 0.717) is 0 Å². The summed E-state index contributed by atoms with van der Waals surface area (Å²) in [5.74, 6) is 0.837. The molecular formula is C15H26N2S. The summed E-state index contributed by atoms with van der Waals surface area (Å²) in [6.45, 7) is 5.82. The minimum absolute atomic E-state index is 0.733. The smallest absolute Gasteiger partial charge is 0.0327 e. The number of hydrogen-bond donors (Lipinski definition) is 1. The third kappa shape index (κ3) is 3.81. The Balaban J connectivity index is 1.88. The van der Waals surface area contributed by atoms with E-state index in [2.05, 4.69) is 41.7 Å². The maximum atomic E-state index is 3.52. The molecule has 1 aliphatic rings. The highest BCUT2D eigenvalue weighted by Crippen LogP contribution is 2.25. The van der Waals surface area contributed by atoms with E-state index in [0.717, 1.165) is 25.0 Å². The molecule has 0 aliphatic heterocycles. The molecule has 0 aromatic carbocycles. The Morgan fingerprint density at radius 3 is 2.89 bits per heavy atom. The van der Waals surface area contributed by atoms with Crippen molar-refractivity contribution < 1.29 is 0 Å². The van der Waals surface area contributed by atoms with Crippen molar-refractivity contribution in [2.75, 3.05) is 20.1 Å². The molecule has 2 nitrogen and oxygen atoms in total. The molecule has 1 aliphatic carbocycles. The summed E-state index contributed by atoms with van der Waals surface area (Å²) in [5, 5.41) is 5.70. The zero-order valence-corrected chi connectivity index (χ0v) is 12.5. The molecule has 102 valence electrons. The van der Waals surface area contributed by atoms with Crippen LogP contribution in [0.1, 0.15) is 37.5 Å². The molecular weight excluding hydrogens is 240 g/mol. The maximum absolute atomic E-state index is 3.52. The van der Waals surface area contributed by atoms with Crippen molar-refractivity contribution in [1.29, 1.82) is 0 Å². The molecule has 1 aromatic rings. The molecule has 2 atom stereocenters. The summed E-state index contributed by atoms with van der Waals surface area (Å²) < 4.78 is 0. The van der Waals surface area contributed by atoms with Crippen LogP contribution < -0.4 is 5.32 Å². The van der Waals surface area contributed by atoms with Gasteiger partial charge in [0.1, 0.15) is 0 Å². The van der Waals surface area contributed by atoms with Crippen molar-refractivity contribution in [3.8, 4) is 0 Å². The topological polar surface area (TPSA) is 15.3 Å². The predicted molar refractivity (Wildman–Crippen MR) is 80.1 cm³/mol. The summed E-state index contributed by atoms with van der Waals surface area (Å²) in [6, 6.07) is 5.14. The molecule has 3 heteroatoms. The first kappa shape index (κ1) is 14.0. The van der Waals surface area contributed by atoms with Gasteiger partial charge < -0.3 is 5.32 Å². The second-order valence-electron chi connectivity index (χ2n) is 5.35. The van der Waals surface area contributed by atoms with E-state index in [1.807, 2.05) is 11.3 Å². The SMILES string of the molecule is CCN(Cc1cccs1)CC1CCCCC1NC. The van der Waals surface area contributed by atoms with E-state index in [9.17, 15) is 0 Å². The van der Waals surface area contributed by atoms with Crippen molar-refractivity contribution in [2.24, 2.45) is 5.92 Å². The highest BCUT2D eigenvalue weighted by atomic mass is 32.1. The van der Waals surface area contributed by atoms with Crippen LogP contribution in [0, 0.1) is 5.92 Å². The monoisotopic (exact) mass is 266 g/mol. The Bertz CT molecular complexity index is 323. The zero-order chi connectivity index (χ0) is 12.8. The van der Waals surface area contributed by atoms with E-state index >= 15 is 0 Å². The van der Waals surface area contributed by atoms with Crippen LogP contribution in [-0.2, 0) is 6.54 Å². The fourth-order valence-corrected chi connectivity index (χ4v) is 3.81.